The molecule has 0 aliphatic carbocycles. The molecule has 0 saturated heterocycles. The van der Waals surface area contributed by atoms with E-state index >= 15 is 0 Å². The number of rotatable bonds is 5. The molecule has 0 atom stereocenters. The zero-order valence-corrected chi connectivity index (χ0v) is 13.0. The Balaban J connectivity index is 2.13. The van der Waals surface area contributed by atoms with Gasteiger partial charge in [0.1, 0.15) is 12.1 Å². The van der Waals surface area contributed by atoms with Crippen molar-refractivity contribution in [1.82, 2.24) is 0 Å². The lowest BCUT2D eigenvalue weighted by Crippen LogP contribution is -2.08. The van der Waals surface area contributed by atoms with Gasteiger partial charge in [0.15, 0.2) is 11.4 Å². The average molecular weight is 322 g/mol. The van der Waals surface area contributed by atoms with E-state index in [0.717, 1.165) is 33.7 Å². The molecule has 4 nitrogen and oxygen atoms in total. The van der Waals surface area contributed by atoms with E-state index in [1.54, 1.807) is 0 Å². The third-order valence-electron chi connectivity index (χ3n) is 2.41. The number of benzene rings is 2. The van der Waals surface area contributed by atoms with Crippen molar-refractivity contribution in [2.24, 2.45) is 8.80 Å². The second kappa shape index (κ2) is 8.68. The Bertz CT molecular complexity index is 689. The van der Waals surface area contributed by atoms with Crippen LogP contribution < -0.4 is 0 Å². The molecular weight excluding hydrogens is 312 g/mol. The molecule has 0 unspecified atom stereocenters. The summed E-state index contributed by atoms with van der Waals surface area (Å²) in [6.45, 7) is 0. The van der Waals surface area contributed by atoms with Crippen molar-refractivity contribution in [2.45, 2.75) is 9.79 Å². The molecule has 0 bridgehead atoms. The van der Waals surface area contributed by atoms with Crippen LogP contribution in [0.3, 0.4) is 0 Å². The number of hydrogen-bond acceptors (Lipinski definition) is 6. The van der Waals surface area contributed by atoms with Crippen LogP contribution >= 0.6 is 23.9 Å². The SMILES string of the molecule is N#CC(=N\Sc1ccccc1)/C(C#N)=N/Sc1ccccc1. The topological polar surface area (TPSA) is 72.3 Å². The second-order valence-corrected chi connectivity index (χ2v) is 5.59. The number of nitriles is 2. The summed E-state index contributed by atoms with van der Waals surface area (Å²) in [5, 5.41) is 18.3. The summed E-state index contributed by atoms with van der Waals surface area (Å²) in [6.07, 6.45) is 0. The molecule has 2 aromatic rings. The maximum atomic E-state index is 9.17. The summed E-state index contributed by atoms with van der Waals surface area (Å²) in [5.74, 6) is 0. The predicted molar refractivity (Wildman–Crippen MR) is 90.7 cm³/mol. The highest BCUT2D eigenvalue weighted by molar-refractivity contribution is 7.98. The summed E-state index contributed by atoms with van der Waals surface area (Å²) in [7, 11) is 0. The van der Waals surface area contributed by atoms with Gasteiger partial charge in [0.25, 0.3) is 0 Å². The van der Waals surface area contributed by atoms with Gasteiger partial charge >= 0.3 is 0 Å². The van der Waals surface area contributed by atoms with Crippen molar-refractivity contribution < 1.29 is 0 Å². The van der Waals surface area contributed by atoms with Gasteiger partial charge in [-0.15, -0.1) is 0 Å². The molecule has 0 N–H and O–H groups in total. The highest BCUT2D eigenvalue weighted by Crippen LogP contribution is 2.20. The Morgan fingerprint density at radius 3 is 1.36 bits per heavy atom. The smallest absolute Gasteiger partial charge is 0.186 e. The molecule has 0 aromatic heterocycles. The molecule has 0 radical (unpaired) electrons. The summed E-state index contributed by atoms with van der Waals surface area (Å²) in [5.41, 5.74) is 0.0274. The maximum absolute atomic E-state index is 9.17. The normalized spacial score (nSPS) is 11.5. The molecule has 2 rings (SSSR count). The van der Waals surface area contributed by atoms with Crippen molar-refractivity contribution in [3.8, 4) is 12.1 Å². The third kappa shape index (κ3) is 4.78. The molecule has 0 saturated carbocycles. The lowest BCUT2D eigenvalue weighted by atomic mass is 10.3. The zero-order chi connectivity index (χ0) is 15.6. The molecule has 22 heavy (non-hydrogen) atoms. The van der Waals surface area contributed by atoms with Crippen LogP contribution in [0.2, 0.25) is 0 Å². The first-order valence-corrected chi connectivity index (χ1v) is 7.79. The van der Waals surface area contributed by atoms with Crippen LogP contribution in [0.25, 0.3) is 0 Å². The van der Waals surface area contributed by atoms with E-state index < -0.39 is 0 Å². The molecule has 6 heteroatoms. The van der Waals surface area contributed by atoms with Gasteiger partial charge in [-0.2, -0.15) is 19.3 Å². The predicted octanol–water partition coefficient (Wildman–Crippen LogP) is 4.33. The molecule has 0 fully saturated rings. The van der Waals surface area contributed by atoms with Crippen LogP contribution in [-0.4, -0.2) is 11.4 Å². The van der Waals surface area contributed by atoms with Crippen LogP contribution in [0.5, 0.6) is 0 Å². The lowest BCUT2D eigenvalue weighted by molar-refractivity contribution is 1.46. The fraction of sp³-hybridized carbons (Fsp3) is 0. The van der Waals surface area contributed by atoms with Gasteiger partial charge in [-0.3, -0.25) is 0 Å². The van der Waals surface area contributed by atoms with Gasteiger partial charge < -0.3 is 0 Å². The van der Waals surface area contributed by atoms with Gasteiger partial charge in [0.05, 0.1) is 0 Å². The van der Waals surface area contributed by atoms with Crippen LogP contribution in [0.1, 0.15) is 0 Å². The van der Waals surface area contributed by atoms with E-state index in [0.29, 0.717) is 0 Å². The molecule has 0 spiro atoms. The first-order valence-electron chi connectivity index (χ1n) is 6.24. The van der Waals surface area contributed by atoms with Gasteiger partial charge in [-0.1, -0.05) is 36.4 Å². The quantitative estimate of drug-likeness (QED) is 0.606. The Morgan fingerprint density at radius 2 is 1.05 bits per heavy atom. The largest absolute Gasteiger partial charge is 0.197 e. The van der Waals surface area contributed by atoms with Gasteiger partial charge in [-0.05, 0) is 24.3 Å². The van der Waals surface area contributed by atoms with E-state index in [2.05, 4.69) is 8.80 Å². The van der Waals surface area contributed by atoms with Crippen molar-refractivity contribution in [1.29, 1.82) is 10.5 Å². The summed E-state index contributed by atoms with van der Waals surface area (Å²) in [6, 6.07) is 22.7. The van der Waals surface area contributed by atoms with E-state index in [1.165, 1.54) is 0 Å². The minimum atomic E-state index is 0.0137. The molecule has 0 heterocycles. The first kappa shape index (κ1) is 15.8. The van der Waals surface area contributed by atoms with Crippen molar-refractivity contribution in [3.05, 3.63) is 60.7 Å². The highest BCUT2D eigenvalue weighted by atomic mass is 32.2. The Hall–Kier alpha value is -2.54. The number of hydrogen-bond donors (Lipinski definition) is 0. The average Bonchev–Trinajstić information content (AvgIpc) is 2.59. The lowest BCUT2D eigenvalue weighted by Gasteiger charge is -1.97. The molecule has 106 valence electrons. The Kier molecular flexibility index (Phi) is 6.25. The molecule has 0 aliphatic rings. The third-order valence-corrected chi connectivity index (χ3v) is 3.92. The minimum absolute atomic E-state index is 0.0137. The second-order valence-electron chi connectivity index (χ2n) is 3.91. The standard InChI is InChI=1S/C16H10N4S2/c17-11-15(19-21-13-7-3-1-4-8-13)16(12-18)20-22-14-9-5-2-6-10-14/h1-10H/b19-15+,20-16+. The summed E-state index contributed by atoms with van der Waals surface area (Å²) in [4.78, 5) is 1.78. The summed E-state index contributed by atoms with van der Waals surface area (Å²) >= 11 is 2.29. The van der Waals surface area contributed by atoms with E-state index in [4.69, 9.17) is 10.5 Å². The van der Waals surface area contributed by atoms with E-state index in [9.17, 15) is 0 Å². The maximum Gasteiger partial charge on any atom is 0.186 e. The van der Waals surface area contributed by atoms with Crippen LogP contribution in [-0.2, 0) is 0 Å². The van der Waals surface area contributed by atoms with Gasteiger partial charge in [0.2, 0.25) is 0 Å². The van der Waals surface area contributed by atoms with E-state index in [-0.39, 0.29) is 11.4 Å². The highest BCUT2D eigenvalue weighted by Gasteiger charge is 2.09. The van der Waals surface area contributed by atoms with Gasteiger partial charge in [0, 0.05) is 33.7 Å². The number of nitrogens with zero attached hydrogens (tertiary/aromatic N) is 4. The van der Waals surface area contributed by atoms with Crippen LogP contribution in [0, 0.1) is 22.7 Å². The fourth-order valence-corrected chi connectivity index (χ4v) is 2.60. The van der Waals surface area contributed by atoms with Crippen molar-refractivity contribution in [3.63, 3.8) is 0 Å². The Morgan fingerprint density at radius 1 is 0.682 bits per heavy atom. The van der Waals surface area contributed by atoms with Crippen LogP contribution in [0.15, 0.2) is 79.3 Å². The van der Waals surface area contributed by atoms with Crippen molar-refractivity contribution in [2.75, 3.05) is 0 Å². The van der Waals surface area contributed by atoms with Gasteiger partial charge in [-0.25, -0.2) is 0 Å². The van der Waals surface area contributed by atoms with Crippen molar-refractivity contribution >= 4 is 35.3 Å². The molecular formula is C16H10N4S2. The summed E-state index contributed by atoms with van der Waals surface area (Å²) < 4.78 is 8.20. The fourth-order valence-electron chi connectivity index (χ4n) is 1.39. The molecule has 0 aliphatic heterocycles. The first-order chi connectivity index (χ1) is 10.8. The van der Waals surface area contributed by atoms with E-state index in [1.807, 2.05) is 72.8 Å². The Labute approximate surface area is 137 Å². The van der Waals surface area contributed by atoms with Crippen LogP contribution in [0.4, 0.5) is 0 Å². The minimum Gasteiger partial charge on any atom is -0.197 e. The molecule has 2 aromatic carbocycles. The monoisotopic (exact) mass is 322 g/mol. The molecule has 0 amide bonds. The zero-order valence-electron chi connectivity index (χ0n) is 11.4.